The van der Waals surface area contributed by atoms with Crippen LogP contribution >= 0.6 is 11.6 Å². The Morgan fingerprint density at radius 2 is 2.17 bits per heavy atom. The number of nitrogens with one attached hydrogen (secondary N) is 3. The lowest BCUT2D eigenvalue weighted by molar-refractivity contribution is -0.125. The summed E-state index contributed by atoms with van der Waals surface area (Å²) in [5.74, 6) is -0.738. The molecule has 0 aliphatic carbocycles. The maximum Gasteiger partial charge on any atom is 0.226 e. The Hall–Kier alpha value is -1.95. The van der Waals surface area contributed by atoms with Gasteiger partial charge in [-0.05, 0) is 30.2 Å². The summed E-state index contributed by atoms with van der Waals surface area (Å²) in [6, 6.07) is 12.5. The molecule has 1 amide bonds. The van der Waals surface area contributed by atoms with Gasteiger partial charge in [0, 0.05) is 13.1 Å². The molecule has 1 aliphatic rings. The zero-order valence-corrected chi connectivity index (χ0v) is 14.0. The fraction of sp³-hybridized carbons (Fsp3) is 0.278. The molecule has 3 rings (SSSR count). The van der Waals surface area contributed by atoms with Gasteiger partial charge in [-0.1, -0.05) is 47.5 Å². The van der Waals surface area contributed by atoms with E-state index < -0.39 is 5.82 Å². The average molecular weight is 348 g/mol. The normalized spacial score (nSPS) is 20.1. The summed E-state index contributed by atoms with van der Waals surface area (Å²) in [4.78, 5) is 12.5. The quantitative estimate of drug-likeness (QED) is 0.797. The highest BCUT2D eigenvalue weighted by Crippen LogP contribution is 2.26. The van der Waals surface area contributed by atoms with Gasteiger partial charge in [0.1, 0.15) is 5.82 Å². The van der Waals surface area contributed by atoms with Crippen LogP contribution in [-0.4, -0.2) is 12.5 Å². The van der Waals surface area contributed by atoms with Crippen LogP contribution in [0.15, 0.2) is 42.5 Å². The largest absolute Gasteiger partial charge is 0.352 e. The van der Waals surface area contributed by atoms with E-state index >= 15 is 0 Å². The third kappa shape index (κ3) is 3.75. The van der Waals surface area contributed by atoms with Gasteiger partial charge in [-0.25, -0.2) is 9.82 Å². The van der Waals surface area contributed by atoms with Gasteiger partial charge >= 0.3 is 0 Å². The standard InChI is InChI=1S/C18H19ClFN3O/c1-11-3-2-4-13(7-11)17-14(10-22-23-17)18(24)21-9-12-5-6-16(20)15(19)8-12/h2-8,14,17,22-23H,9-10H2,1H3,(H,21,24). The van der Waals surface area contributed by atoms with Crippen LogP contribution in [0.2, 0.25) is 5.02 Å². The number of carbonyl (C=O) groups is 1. The summed E-state index contributed by atoms with van der Waals surface area (Å²) >= 11 is 5.77. The molecule has 2 aromatic carbocycles. The average Bonchev–Trinajstić information content (AvgIpc) is 3.05. The van der Waals surface area contributed by atoms with Crippen molar-refractivity contribution in [3.8, 4) is 0 Å². The topological polar surface area (TPSA) is 53.2 Å². The number of hydrogen-bond acceptors (Lipinski definition) is 3. The molecular weight excluding hydrogens is 329 g/mol. The van der Waals surface area contributed by atoms with E-state index in [0.29, 0.717) is 13.1 Å². The first kappa shape index (κ1) is 16.9. The van der Waals surface area contributed by atoms with Crippen LogP contribution in [0, 0.1) is 18.7 Å². The van der Waals surface area contributed by atoms with Gasteiger partial charge < -0.3 is 5.32 Å². The maximum atomic E-state index is 13.2. The zero-order valence-electron chi connectivity index (χ0n) is 13.3. The molecule has 2 unspecified atom stereocenters. The predicted molar refractivity (Wildman–Crippen MR) is 91.8 cm³/mol. The highest BCUT2D eigenvalue weighted by Gasteiger charge is 2.33. The lowest BCUT2D eigenvalue weighted by Gasteiger charge is -2.19. The summed E-state index contributed by atoms with van der Waals surface area (Å²) in [6.45, 7) is 2.89. The molecule has 6 heteroatoms. The molecule has 1 fully saturated rings. The van der Waals surface area contributed by atoms with E-state index in [2.05, 4.69) is 22.2 Å². The van der Waals surface area contributed by atoms with Gasteiger partial charge in [-0.2, -0.15) is 0 Å². The Kier molecular flexibility index (Phi) is 5.14. The van der Waals surface area contributed by atoms with Crippen LogP contribution in [0.1, 0.15) is 22.7 Å². The van der Waals surface area contributed by atoms with E-state index in [4.69, 9.17) is 11.6 Å². The Balaban J connectivity index is 1.66. The molecule has 1 saturated heterocycles. The molecule has 126 valence electrons. The molecular formula is C18H19ClFN3O. The monoisotopic (exact) mass is 347 g/mol. The lowest BCUT2D eigenvalue weighted by Crippen LogP contribution is -2.34. The Morgan fingerprint density at radius 1 is 1.33 bits per heavy atom. The second kappa shape index (κ2) is 7.30. The summed E-state index contributed by atoms with van der Waals surface area (Å²) in [5, 5.41) is 2.96. The van der Waals surface area contributed by atoms with Crippen LogP contribution in [0.5, 0.6) is 0 Å². The van der Waals surface area contributed by atoms with Gasteiger partial charge in [0.25, 0.3) is 0 Å². The first-order valence-electron chi connectivity index (χ1n) is 7.81. The molecule has 4 nitrogen and oxygen atoms in total. The van der Waals surface area contributed by atoms with E-state index in [9.17, 15) is 9.18 Å². The van der Waals surface area contributed by atoms with Crippen LogP contribution in [0.4, 0.5) is 4.39 Å². The lowest BCUT2D eigenvalue weighted by atomic mass is 9.93. The second-order valence-corrected chi connectivity index (χ2v) is 6.40. The van der Waals surface area contributed by atoms with Crippen molar-refractivity contribution in [2.75, 3.05) is 6.54 Å². The van der Waals surface area contributed by atoms with Gasteiger partial charge in [-0.15, -0.1) is 0 Å². The number of rotatable bonds is 4. The van der Waals surface area contributed by atoms with E-state index in [1.54, 1.807) is 6.07 Å². The van der Waals surface area contributed by atoms with E-state index in [1.165, 1.54) is 12.1 Å². The van der Waals surface area contributed by atoms with E-state index in [0.717, 1.165) is 16.7 Å². The molecule has 2 atom stereocenters. The zero-order chi connectivity index (χ0) is 17.1. The third-order valence-electron chi connectivity index (χ3n) is 4.17. The molecule has 0 radical (unpaired) electrons. The minimum absolute atomic E-state index is 0.0561. The van der Waals surface area contributed by atoms with E-state index in [1.807, 2.05) is 25.1 Å². The molecule has 1 heterocycles. The van der Waals surface area contributed by atoms with Crippen LogP contribution in [0.3, 0.4) is 0 Å². The number of benzene rings is 2. The molecule has 1 aliphatic heterocycles. The minimum Gasteiger partial charge on any atom is -0.352 e. The SMILES string of the molecule is Cc1cccc(C2NNCC2C(=O)NCc2ccc(F)c(Cl)c2)c1. The van der Waals surface area contributed by atoms with E-state index in [-0.39, 0.29) is 22.9 Å². The molecule has 0 saturated carbocycles. The number of carbonyl (C=O) groups excluding carboxylic acids is 1. The van der Waals surface area contributed by atoms with Crippen molar-refractivity contribution in [2.24, 2.45) is 5.92 Å². The summed E-state index contributed by atoms with van der Waals surface area (Å²) < 4.78 is 13.2. The van der Waals surface area contributed by atoms with Crippen LogP contribution in [0.25, 0.3) is 0 Å². The van der Waals surface area contributed by atoms with Gasteiger partial charge in [0.15, 0.2) is 0 Å². The molecule has 2 aromatic rings. The molecule has 24 heavy (non-hydrogen) atoms. The van der Waals surface area contributed by atoms with Gasteiger partial charge in [-0.3, -0.25) is 10.2 Å². The van der Waals surface area contributed by atoms with Crippen molar-refractivity contribution >= 4 is 17.5 Å². The Bertz CT molecular complexity index is 753. The van der Waals surface area contributed by atoms with Crippen molar-refractivity contribution in [1.29, 1.82) is 0 Å². The number of halogens is 2. The fourth-order valence-electron chi connectivity index (χ4n) is 2.89. The van der Waals surface area contributed by atoms with Crippen molar-refractivity contribution < 1.29 is 9.18 Å². The molecule has 3 N–H and O–H groups in total. The first-order chi connectivity index (χ1) is 11.5. The number of aryl methyl sites for hydroxylation is 1. The molecule has 0 spiro atoms. The smallest absolute Gasteiger partial charge is 0.226 e. The highest BCUT2D eigenvalue weighted by molar-refractivity contribution is 6.30. The third-order valence-corrected chi connectivity index (χ3v) is 4.46. The summed E-state index contributed by atoms with van der Waals surface area (Å²) in [6.07, 6.45) is 0. The summed E-state index contributed by atoms with van der Waals surface area (Å²) in [7, 11) is 0. The first-order valence-corrected chi connectivity index (χ1v) is 8.19. The highest BCUT2D eigenvalue weighted by atomic mass is 35.5. The number of amides is 1. The summed E-state index contributed by atoms with van der Waals surface area (Å²) in [5.41, 5.74) is 9.21. The Labute approximate surface area is 145 Å². The van der Waals surface area contributed by atoms with Gasteiger partial charge in [0.2, 0.25) is 5.91 Å². The maximum absolute atomic E-state index is 13.2. The van der Waals surface area contributed by atoms with Crippen LogP contribution < -0.4 is 16.2 Å². The predicted octanol–water partition coefficient (Wildman–Crippen LogP) is 2.87. The number of hydrazine groups is 1. The van der Waals surface area contributed by atoms with Crippen LogP contribution in [-0.2, 0) is 11.3 Å². The Morgan fingerprint density at radius 3 is 2.92 bits per heavy atom. The number of hydrogen-bond donors (Lipinski definition) is 3. The van der Waals surface area contributed by atoms with Crippen molar-refractivity contribution in [3.05, 3.63) is 70.0 Å². The minimum atomic E-state index is -0.463. The van der Waals surface area contributed by atoms with Crippen molar-refractivity contribution in [2.45, 2.75) is 19.5 Å². The van der Waals surface area contributed by atoms with Gasteiger partial charge in [0.05, 0.1) is 17.0 Å². The molecule has 0 aromatic heterocycles. The fourth-order valence-corrected chi connectivity index (χ4v) is 3.09. The van der Waals surface area contributed by atoms with Crippen molar-refractivity contribution in [3.63, 3.8) is 0 Å². The second-order valence-electron chi connectivity index (χ2n) is 5.99. The van der Waals surface area contributed by atoms with Crippen molar-refractivity contribution in [1.82, 2.24) is 16.2 Å². The molecule has 0 bridgehead atoms.